The van der Waals surface area contributed by atoms with Crippen molar-refractivity contribution in [3.63, 3.8) is 0 Å². The molecule has 0 saturated heterocycles. The summed E-state index contributed by atoms with van der Waals surface area (Å²) in [6.07, 6.45) is 34.2. The minimum Gasteiger partial charge on any atom is -0.335 e. The van der Waals surface area contributed by atoms with Crippen LogP contribution in [0.25, 0.3) is 0 Å². The van der Waals surface area contributed by atoms with Crippen molar-refractivity contribution in [1.82, 2.24) is 14.7 Å². The zero-order valence-electron chi connectivity index (χ0n) is 34.3. The summed E-state index contributed by atoms with van der Waals surface area (Å²) in [7, 11) is 0. The van der Waals surface area contributed by atoms with Crippen LogP contribution >= 0.6 is 0 Å². The van der Waals surface area contributed by atoms with E-state index in [0.717, 1.165) is 154 Å². The van der Waals surface area contributed by atoms with Gasteiger partial charge in [0.25, 0.3) is 5.97 Å². The molecule has 6 aliphatic carbocycles. The third kappa shape index (κ3) is 11.5. The highest BCUT2D eigenvalue weighted by Crippen LogP contribution is 2.34. The maximum atomic E-state index is 14.4. The number of amides is 3. The van der Waals surface area contributed by atoms with Gasteiger partial charge in [-0.1, -0.05) is 122 Å². The van der Waals surface area contributed by atoms with Gasteiger partial charge in [-0.3, -0.25) is 14.4 Å². The highest BCUT2D eigenvalue weighted by atomic mass is 16.9. The molecule has 0 unspecified atom stereocenters. The molecule has 6 saturated carbocycles. The molecule has 0 atom stereocenters. The lowest BCUT2D eigenvalue weighted by Crippen LogP contribution is -2.54. The molecular weight excluding hydrogens is 679 g/mol. The fourth-order valence-electron chi connectivity index (χ4n) is 11.4. The molecule has 308 valence electrons. The van der Waals surface area contributed by atoms with E-state index >= 15 is 0 Å². The zero-order valence-corrected chi connectivity index (χ0v) is 34.3. The minimum absolute atomic E-state index is 0.00597. The largest absolute Gasteiger partial charge is 0.335 e. The standard InChI is InChI=1S/C45H77N3O6/c1-2-45(52-33-42(49)46(36-21-9-3-10-22-36)37-23-11-4-12-24-37,53-34-43(50)47(38-25-13-5-14-26-38)39-27-15-6-16-28-39)54-35-44(51)48(40-29-17-7-18-30-40)41-31-19-8-20-32-41/h36-41H,2-35H2,1H3. The van der Waals surface area contributed by atoms with Gasteiger partial charge >= 0.3 is 0 Å². The molecule has 0 heterocycles. The SMILES string of the molecule is CCC(OCC(=O)N(C1CCCCC1)C1CCCCC1)(OCC(=O)N(C1CCCCC1)C1CCCCC1)OCC(=O)N(C1CCCCC1)C1CCCCC1. The maximum Gasteiger partial charge on any atom is 0.284 e. The summed E-state index contributed by atoms with van der Waals surface area (Å²) in [5, 5.41) is 0. The van der Waals surface area contributed by atoms with Gasteiger partial charge in [0.15, 0.2) is 0 Å². The Balaban J connectivity index is 1.20. The summed E-state index contributed by atoms with van der Waals surface area (Å²) in [5.74, 6) is -1.68. The fraction of sp³-hybridized carbons (Fsp3) is 0.933. The number of carbonyl (C=O) groups excluding carboxylic acids is 3. The predicted molar refractivity (Wildman–Crippen MR) is 213 cm³/mol. The van der Waals surface area contributed by atoms with Crippen molar-refractivity contribution in [2.75, 3.05) is 19.8 Å². The number of nitrogens with zero attached hydrogens (tertiary/aromatic N) is 3. The van der Waals surface area contributed by atoms with Crippen LogP contribution in [0, 0.1) is 0 Å². The summed E-state index contributed by atoms with van der Waals surface area (Å²) in [5.41, 5.74) is 0. The molecule has 0 radical (unpaired) electrons. The van der Waals surface area contributed by atoms with Gasteiger partial charge in [-0.05, 0) is 77.0 Å². The average Bonchev–Trinajstić information content (AvgIpc) is 3.23. The smallest absolute Gasteiger partial charge is 0.284 e. The van der Waals surface area contributed by atoms with Crippen LogP contribution in [-0.4, -0.2) is 94.5 Å². The van der Waals surface area contributed by atoms with E-state index in [9.17, 15) is 14.4 Å². The molecule has 0 aromatic heterocycles. The molecule has 54 heavy (non-hydrogen) atoms. The predicted octanol–water partition coefficient (Wildman–Crippen LogP) is 9.58. The van der Waals surface area contributed by atoms with Gasteiger partial charge in [-0.2, -0.15) is 0 Å². The van der Waals surface area contributed by atoms with Crippen molar-refractivity contribution in [2.45, 2.75) is 248 Å². The summed E-state index contributed by atoms with van der Waals surface area (Å²) in [4.78, 5) is 49.6. The lowest BCUT2D eigenvalue weighted by molar-refractivity contribution is -0.374. The van der Waals surface area contributed by atoms with Gasteiger partial charge < -0.3 is 28.9 Å². The molecule has 0 spiro atoms. The van der Waals surface area contributed by atoms with E-state index in [0.29, 0.717) is 0 Å². The van der Waals surface area contributed by atoms with Gasteiger partial charge in [0.05, 0.1) is 0 Å². The summed E-state index contributed by atoms with van der Waals surface area (Å²) < 4.78 is 19.7. The average molecular weight is 756 g/mol. The quantitative estimate of drug-likeness (QED) is 0.146. The van der Waals surface area contributed by atoms with Crippen LogP contribution in [0.3, 0.4) is 0 Å². The number of rotatable bonds is 16. The first-order chi connectivity index (χ1) is 26.5. The van der Waals surface area contributed by atoms with E-state index in [1.807, 2.05) is 6.92 Å². The third-order valence-corrected chi connectivity index (χ3v) is 14.4. The number of ether oxygens (including phenoxy) is 3. The molecule has 3 amide bonds. The molecule has 9 heteroatoms. The van der Waals surface area contributed by atoms with Crippen molar-refractivity contribution in [2.24, 2.45) is 0 Å². The Morgan fingerprint density at radius 1 is 0.370 bits per heavy atom. The topological polar surface area (TPSA) is 88.6 Å². The van der Waals surface area contributed by atoms with Gasteiger partial charge in [-0.25, -0.2) is 0 Å². The third-order valence-electron chi connectivity index (χ3n) is 14.4. The second-order valence-electron chi connectivity index (χ2n) is 18.1. The van der Waals surface area contributed by atoms with Crippen LogP contribution in [-0.2, 0) is 28.6 Å². The Kier molecular flexibility index (Phi) is 16.9. The Hall–Kier alpha value is -1.71. The molecule has 6 aliphatic rings. The first-order valence-corrected chi connectivity index (χ1v) is 23.3. The van der Waals surface area contributed by atoms with Crippen LogP contribution in [0.4, 0.5) is 0 Å². The van der Waals surface area contributed by atoms with E-state index < -0.39 is 5.97 Å². The Morgan fingerprint density at radius 2 is 0.556 bits per heavy atom. The first kappa shape index (κ1) is 41.9. The maximum absolute atomic E-state index is 14.4. The van der Waals surface area contributed by atoms with Crippen molar-refractivity contribution in [3.8, 4) is 0 Å². The number of hydrogen-bond donors (Lipinski definition) is 0. The monoisotopic (exact) mass is 756 g/mol. The van der Waals surface area contributed by atoms with Crippen LogP contribution in [0.1, 0.15) is 206 Å². The Morgan fingerprint density at radius 3 is 0.722 bits per heavy atom. The lowest BCUT2D eigenvalue weighted by atomic mass is 9.88. The Labute approximate surface area is 328 Å². The summed E-state index contributed by atoms with van der Waals surface area (Å²) in [6, 6.07) is 1.49. The van der Waals surface area contributed by atoms with Crippen molar-refractivity contribution in [3.05, 3.63) is 0 Å². The second-order valence-corrected chi connectivity index (χ2v) is 18.1. The molecule has 6 fully saturated rings. The lowest BCUT2D eigenvalue weighted by Gasteiger charge is -2.44. The zero-order chi connectivity index (χ0) is 37.6. The van der Waals surface area contributed by atoms with Gasteiger partial charge in [0, 0.05) is 42.7 Å². The molecule has 0 bridgehead atoms. The number of carbonyl (C=O) groups is 3. The van der Waals surface area contributed by atoms with Gasteiger partial charge in [-0.15, -0.1) is 0 Å². The van der Waals surface area contributed by atoms with E-state index in [-0.39, 0.29) is 80.2 Å². The van der Waals surface area contributed by atoms with Gasteiger partial charge in [0.1, 0.15) is 19.8 Å². The second kappa shape index (κ2) is 21.7. The number of hydrogen-bond acceptors (Lipinski definition) is 6. The molecule has 0 aromatic carbocycles. The van der Waals surface area contributed by atoms with Crippen LogP contribution in [0.2, 0.25) is 0 Å². The van der Waals surface area contributed by atoms with E-state index in [1.54, 1.807) is 0 Å². The Bertz CT molecular complexity index is 940. The molecule has 0 N–H and O–H groups in total. The van der Waals surface area contributed by atoms with E-state index in [1.165, 1.54) is 38.5 Å². The van der Waals surface area contributed by atoms with Crippen LogP contribution < -0.4 is 0 Å². The molecule has 0 aliphatic heterocycles. The van der Waals surface area contributed by atoms with Crippen LogP contribution in [0.5, 0.6) is 0 Å². The van der Waals surface area contributed by atoms with Crippen LogP contribution in [0.15, 0.2) is 0 Å². The van der Waals surface area contributed by atoms with Crippen molar-refractivity contribution < 1.29 is 28.6 Å². The summed E-state index contributed by atoms with van der Waals surface area (Å²) in [6.45, 7) is 1.41. The minimum atomic E-state index is -1.67. The van der Waals surface area contributed by atoms with E-state index in [2.05, 4.69) is 14.7 Å². The molecular formula is C45H77N3O6. The first-order valence-electron chi connectivity index (χ1n) is 23.3. The molecule has 9 nitrogen and oxygen atoms in total. The highest BCUT2D eigenvalue weighted by molar-refractivity contribution is 5.79. The fourth-order valence-corrected chi connectivity index (χ4v) is 11.4. The van der Waals surface area contributed by atoms with Crippen molar-refractivity contribution >= 4 is 17.7 Å². The molecule has 0 aromatic rings. The summed E-state index contributed by atoms with van der Waals surface area (Å²) >= 11 is 0. The highest BCUT2D eigenvalue weighted by Gasteiger charge is 2.41. The molecule has 6 rings (SSSR count). The van der Waals surface area contributed by atoms with Gasteiger partial charge in [0.2, 0.25) is 17.7 Å². The normalized spacial score (nSPS) is 23.9. The van der Waals surface area contributed by atoms with E-state index in [4.69, 9.17) is 14.2 Å². The van der Waals surface area contributed by atoms with Crippen molar-refractivity contribution in [1.29, 1.82) is 0 Å².